The number of likely N-dealkylation sites (N-methyl/N-ethyl adjacent to an activating group) is 1. The fraction of sp³-hybridized carbons (Fsp3) is 0.368. The Morgan fingerprint density at radius 2 is 1.78 bits per heavy atom. The van der Waals surface area contributed by atoms with Crippen molar-refractivity contribution < 1.29 is 9.59 Å². The predicted molar refractivity (Wildman–Crippen MR) is 102 cm³/mol. The van der Waals surface area contributed by atoms with Crippen LogP contribution in [-0.2, 0) is 4.79 Å². The lowest BCUT2D eigenvalue weighted by Gasteiger charge is -2.33. The molecule has 4 rings (SSSR count). The van der Waals surface area contributed by atoms with Crippen LogP contribution in [0, 0.1) is 0 Å². The molecule has 3 heterocycles. The minimum atomic E-state index is -0.229. The topological polar surface area (TPSA) is 72.9 Å². The van der Waals surface area contributed by atoms with Crippen LogP contribution in [0.3, 0.4) is 0 Å². The Bertz CT molecular complexity index is 878. The summed E-state index contributed by atoms with van der Waals surface area (Å²) in [5.41, 5.74) is 1.65. The van der Waals surface area contributed by atoms with E-state index in [2.05, 4.69) is 26.8 Å². The molecular weight excluding hydrogens is 344 g/mol. The molecule has 2 aliphatic rings. The summed E-state index contributed by atoms with van der Waals surface area (Å²) in [5, 5.41) is 0. The maximum Gasteiger partial charge on any atom is 0.263 e. The van der Waals surface area contributed by atoms with Gasteiger partial charge in [-0.2, -0.15) is 0 Å². The Labute approximate surface area is 158 Å². The zero-order chi connectivity index (χ0) is 19.0. The van der Waals surface area contributed by atoms with Crippen molar-refractivity contribution in [2.45, 2.75) is 0 Å². The predicted octanol–water partition coefficient (Wildman–Crippen LogP) is 0.979. The first kappa shape index (κ1) is 17.6. The lowest BCUT2D eigenvalue weighted by atomic mass is 10.2. The summed E-state index contributed by atoms with van der Waals surface area (Å²) in [6.45, 7) is 3.83. The van der Waals surface area contributed by atoms with Gasteiger partial charge in [0.15, 0.2) is 5.82 Å². The lowest BCUT2D eigenvalue weighted by molar-refractivity contribution is -0.119. The number of benzene rings is 1. The van der Waals surface area contributed by atoms with Gasteiger partial charge in [0, 0.05) is 39.4 Å². The van der Waals surface area contributed by atoms with E-state index in [1.54, 1.807) is 16.8 Å². The Balaban J connectivity index is 1.74. The van der Waals surface area contributed by atoms with Crippen LogP contribution < -0.4 is 9.80 Å². The van der Waals surface area contributed by atoms with E-state index in [9.17, 15) is 9.59 Å². The van der Waals surface area contributed by atoms with Crippen LogP contribution in [0.5, 0.6) is 0 Å². The van der Waals surface area contributed by atoms with Gasteiger partial charge in [-0.1, -0.05) is 12.1 Å². The number of hydrogen-bond donors (Lipinski definition) is 0. The number of carbonyl (C=O) groups is 2. The molecule has 1 aromatic carbocycles. The molecule has 0 radical (unpaired) electrons. The molecule has 0 atom stereocenters. The van der Waals surface area contributed by atoms with Crippen molar-refractivity contribution in [3.8, 4) is 0 Å². The van der Waals surface area contributed by atoms with E-state index in [0.29, 0.717) is 22.8 Å². The summed E-state index contributed by atoms with van der Waals surface area (Å²) in [5.74, 6) is 0.00827. The molecule has 2 amide bonds. The Kier molecular flexibility index (Phi) is 4.59. The number of piperazine rings is 1. The van der Waals surface area contributed by atoms with Crippen molar-refractivity contribution in [2.24, 2.45) is 0 Å². The van der Waals surface area contributed by atoms with Crippen molar-refractivity contribution in [3.05, 3.63) is 42.4 Å². The van der Waals surface area contributed by atoms with Gasteiger partial charge in [0.1, 0.15) is 11.9 Å². The Morgan fingerprint density at radius 3 is 2.52 bits per heavy atom. The van der Waals surface area contributed by atoms with Gasteiger partial charge >= 0.3 is 0 Å². The summed E-state index contributed by atoms with van der Waals surface area (Å²) in [6, 6.07) is 7.40. The quantitative estimate of drug-likeness (QED) is 0.789. The van der Waals surface area contributed by atoms with Gasteiger partial charge < -0.3 is 9.80 Å². The van der Waals surface area contributed by atoms with E-state index in [1.807, 2.05) is 24.3 Å². The van der Waals surface area contributed by atoms with Crippen molar-refractivity contribution >= 4 is 29.0 Å². The highest BCUT2D eigenvalue weighted by molar-refractivity contribution is 6.17. The molecule has 1 saturated heterocycles. The van der Waals surface area contributed by atoms with Gasteiger partial charge in [-0.05, 0) is 19.2 Å². The maximum absolute atomic E-state index is 13.3. The summed E-state index contributed by atoms with van der Waals surface area (Å²) in [7, 11) is 3.78. The molecule has 2 aromatic rings. The molecule has 8 nitrogen and oxygen atoms in total. The first-order chi connectivity index (χ1) is 13.1. The monoisotopic (exact) mass is 366 g/mol. The van der Waals surface area contributed by atoms with E-state index in [4.69, 9.17) is 0 Å². The number of hydrogen-bond acceptors (Lipinski definition) is 6. The Hall–Kier alpha value is -2.84. The highest BCUT2D eigenvalue weighted by Crippen LogP contribution is 2.38. The first-order valence-corrected chi connectivity index (χ1v) is 8.97. The molecule has 1 fully saturated rings. The summed E-state index contributed by atoms with van der Waals surface area (Å²) < 4.78 is 0. The van der Waals surface area contributed by atoms with Crippen LogP contribution in [-0.4, -0.2) is 78.4 Å². The number of rotatable bonds is 2. The SMILES string of the molecule is CN1CCN(CC(=O)N2c3ccccc3N(C)C(=O)c3cncnc32)CC1. The van der Waals surface area contributed by atoms with Gasteiger partial charge in [0.25, 0.3) is 5.91 Å². The lowest BCUT2D eigenvalue weighted by Crippen LogP contribution is -2.48. The number of amides is 2. The minimum Gasteiger partial charge on any atom is -0.309 e. The van der Waals surface area contributed by atoms with Gasteiger partial charge in [0.05, 0.1) is 17.9 Å². The van der Waals surface area contributed by atoms with Crippen LogP contribution in [0.4, 0.5) is 17.2 Å². The fourth-order valence-corrected chi connectivity index (χ4v) is 3.51. The summed E-state index contributed by atoms with van der Waals surface area (Å²) in [4.78, 5) is 42.0. The molecule has 1 aromatic heterocycles. The van der Waals surface area contributed by atoms with E-state index in [1.165, 1.54) is 12.5 Å². The van der Waals surface area contributed by atoms with Crippen LogP contribution in [0.15, 0.2) is 36.8 Å². The molecular formula is C19H22N6O2. The maximum atomic E-state index is 13.3. The van der Waals surface area contributed by atoms with Crippen LogP contribution in [0.25, 0.3) is 0 Å². The third-order valence-corrected chi connectivity index (χ3v) is 5.13. The van der Waals surface area contributed by atoms with Crippen molar-refractivity contribution in [3.63, 3.8) is 0 Å². The van der Waals surface area contributed by atoms with Gasteiger partial charge in [-0.15, -0.1) is 0 Å². The van der Waals surface area contributed by atoms with Crippen LogP contribution in [0.2, 0.25) is 0 Å². The average Bonchev–Trinajstić information content (AvgIpc) is 2.78. The van der Waals surface area contributed by atoms with Crippen molar-refractivity contribution in [1.29, 1.82) is 0 Å². The van der Waals surface area contributed by atoms with Crippen LogP contribution in [0.1, 0.15) is 10.4 Å². The third kappa shape index (κ3) is 3.17. The number of aromatic nitrogens is 2. The van der Waals surface area contributed by atoms with E-state index in [0.717, 1.165) is 26.2 Å². The molecule has 0 saturated carbocycles. The van der Waals surface area contributed by atoms with Crippen molar-refractivity contribution in [2.75, 3.05) is 56.6 Å². The molecule has 0 aliphatic carbocycles. The van der Waals surface area contributed by atoms with Gasteiger partial charge in [0.2, 0.25) is 5.91 Å². The smallest absolute Gasteiger partial charge is 0.263 e. The highest BCUT2D eigenvalue weighted by atomic mass is 16.2. The van der Waals surface area contributed by atoms with E-state index < -0.39 is 0 Å². The second kappa shape index (κ2) is 7.05. The van der Waals surface area contributed by atoms with E-state index >= 15 is 0 Å². The molecule has 0 spiro atoms. The molecule has 0 N–H and O–H groups in total. The van der Waals surface area contributed by atoms with Gasteiger partial charge in [-0.25, -0.2) is 9.97 Å². The molecule has 8 heteroatoms. The number of anilines is 3. The zero-order valence-electron chi connectivity index (χ0n) is 15.5. The standard InChI is InChI=1S/C19H22N6O2/c1-22-7-9-24(10-8-22)12-17(26)25-16-6-4-3-5-15(16)23(2)19(27)14-11-20-13-21-18(14)25/h3-6,11,13H,7-10,12H2,1-2H3. The summed E-state index contributed by atoms with van der Waals surface area (Å²) in [6.07, 6.45) is 2.85. The number of nitrogens with zero attached hydrogens (tertiary/aromatic N) is 6. The molecule has 0 unspecified atom stereocenters. The minimum absolute atomic E-state index is 0.102. The van der Waals surface area contributed by atoms with Crippen molar-refractivity contribution in [1.82, 2.24) is 19.8 Å². The fourth-order valence-electron chi connectivity index (χ4n) is 3.51. The second-order valence-electron chi connectivity index (χ2n) is 6.92. The molecule has 140 valence electrons. The highest BCUT2D eigenvalue weighted by Gasteiger charge is 2.34. The second-order valence-corrected chi connectivity index (χ2v) is 6.92. The van der Waals surface area contributed by atoms with Crippen LogP contribution >= 0.6 is 0 Å². The number of para-hydroxylation sites is 2. The molecule has 0 bridgehead atoms. The largest absolute Gasteiger partial charge is 0.309 e. The zero-order valence-corrected chi connectivity index (χ0v) is 15.5. The average molecular weight is 366 g/mol. The third-order valence-electron chi connectivity index (χ3n) is 5.13. The van der Waals surface area contributed by atoms with Gasteiger partial charge in [-0.3, -0.25) is 19.4 Å². The number of carbonyl (C=O) groups excluding carboxylic acids is 2. The first-order valence-electron chi connectivity index (χ1n) is 8.97. The molecule has 2 aliphatic heterocycles. The normalized spacial score (nSPS) is 18.1. The Morgan fingerprint density at radius 1 is 1.07 bits per heavy atom. The number of fused-ring (bicyclic) bond motifs is 2. The summed E-state index contributed by atoms with van der Waals surface area (Å²) >= 11 is 0. The molecule has 27 heavy (non-hydrogen) atoms. The van der Waals surface area contributed by atoms with E-state index in [-0.39, 0.29) is 18.4 Å².